The fraction of sp³-hybridized carbons (Fsp3) is 0.263. The molecule has 1 fully saturated rings. The van der Waals surface area contributed by atoms with Gasteiger partial charge in [-0.05, 0) is 24.1 Å². The lowest BCUT2D eigenvalue weighted by Gasteiger charge is -2.41. The van der Waals surface area contributed by atoms with Gasteiger partial charge in [-0.2, -0.15) is 0 Å². The van der Waals surface area contributed by atoms with Gasteiger partial charge in [0.15, 0.2) is 11.5 Å². The fourth-order valence-corrected chi connectivity index (χ4v) is 3.66. The van der Waals surface area contributed by atoms with Crippen LogP contribution < -0.4 is 9.47 Å². The molecule has 2 aliphatic rings. The summed E-state index contributed by atoms with van der Waals surface area (Å²) in [5, 5.41) is 0. The molecule has 25 heavy (non-hydrogen) atoms. The molecule has 0 N–H and O–H groups in total. The average molecular weight is 339 g/mol. The highest BCUT2D eigenvalue weighted by Gasteiger charge is 2.57. The second-order valence-corrected chi connectivity index (χ2v) is 5.97. The quantitative estimate of drug-likeness (QED) is 0.631. The average Bonchev–Trinajstić information content (AvgIpc) is 2.93. The summed E-state index contributed by atoms with van der Waals surface area (Å²) in [6.07, 6.45) is 0.604. The first kappa shape index (κ1) is 15.5. The number of esters is 1. The van der Waals surface area contributed by atoms with Crippen molar-refractivity contribution in [2.75, 3.05) is 20.8 Å². The molecule has 6 nitrogen and oxygen atoms in total. The van der Waals surface area contributed by atoms with Crippen LogP contribution in [0.2, 0.25) is 0 Å². The molecular formula is C19H17NO5. The number of rotatable bonds is 3. The Morgan fingerprint density at radius 1 is 1.04 bits per heavy atom. The van der Waals surface area contributed by atoms with Crippen LogP contribution in [0.3, 0.4) is 0 Å². The van der Waals surface area contributed by atoms with Crippen LogP contribution in [0.1, 0.15) is 16.7 Å². The highest BCUT2D eigenvalue weighted by Crippen LogP contribution is 2.48. The number of hydrogen-bond acceptors (Lipinski definition) is 5. The lowest BCUT2D eigenvalue weighted by atomic mass is 9.84. The Labute approximate surface area is 144 Å². The number of hydrogen-bond donors (Lipinski definition) is 0. The van der Waals surface area contributed by atoms with Crippen LogP contribution in [0.5, 0.6) is 11.5 Å². The molecule has 2 aromatic rings. The van der Waals surface area contributed by atoms with Gasteiger partial charge in [0, 0.05) is 17.7 Å². The molecule has 0 bridgehead atoms. The second kappa shape index (κ2) is 5.51. The normalized spacial score (nSPS) is 21.4. The van der Waals surface area contributed by atoms with Gasteiger partial charge in [0.1, 0.15) is 0 Å². The number of methoxy groups -OCH3 is 2. The van der Waals surface area contributed by atoms with E-state index in [0.717, 1.165) is 16.7 Å². The van der Waals surface area contributed by atoms with Gasteiger partial charge in [-0.25, -0.2) is 4.79 Å². The number of benzene rings is 2. The summed E-state index contributed by atoms with van der Waals surface area (Å²) < 4.78 is 16.5. The topological polar surface area (TPSA) is 65.1 Å². The largest absolute Gasteiger partial charge is 0.493 e. The minimum Gasteiger partial charge on any atom is -0.493 e. The van der Waals surface area contributed by atoms with Crippen molar-refractivity contribution in [2.24, 2.45) is 0 Å². The molecule has 0 aliphatic carbocycles. The van der Waals surface area contributed by atoms with Crippen LogP contribution in [0.15, 0.2) is 42.5 Å². The van der Waals surface area contributed by atoms with Gasteiger partial charge in [-0.3, -0.25) is 9.69 Å². The minimum atomic E-state index is -1.26. The molecule has 6 heteroatoms. The molecular weight excluding hydrogens is 322 g/mol. The molecule has 1 amide bonds. The molecule has 1 unspecified atom stereocenters. The van der Waals surface area contributed by atoms with Gasteiger partial charge < -0.3 is 14.2 Å². The molecule has 2 heterocycles. The van der Waals surface area contributed by atoms with Gasteiger partial charge in [0.2, 0.25) is 5.72 Å². The second-order valence-electron chi connectivity index (χ2n) is 5.97. The molecule has 0 spiro atoms. The van der Waals surface area contributed by atoms with Crippen LogP contribution in [-0.2, 0) is 26.5 Å². The van der Waals surface area contributed by atoms with E-state index in [4.69, 9.17) is 14.2 Å². The number of ether oxygens (including phenoxy) is 3. The molecule has 0 radical (unpaired) electrons. The summed E-state index contributed by atoms with van der Waals surface area (Å²) in [4.78, 5) is 26.0. The molecule has 4 rings (SSSR count). The highest BCUT2D eigenvalue weighted by molar-refractivity contribution is 6.34. The third kappa shape index (κ3) is 2.03. The summed E-state index contributed by atoms with van der Waals surface area (Å²) in [6, 6.07) is 13.0. The van der Waals surface area contributed by atoms with Crippen molar-refractivity contribution in [3.05, 3.63) is 59.2 Å². The number of carbonyl (C=O) groups excluding carboxylic acids is 2. The molecule has 128 valence electrons. The first-order chi connectivity index (χ1) is 12.1. The first-order valence-corrected chi connectivity index (χ1v) is 7.97. The zero-order valence-electron chi connectivity index (χ0n) is 13.9. The summed E-state index contributed by atoms with van der Waals surface area (Å²) >= 11 is 0. The van der Waals surface area contributed by atoms with Crippen molar-refractivity contribution in [1.82, 2.24) is 4.90 Å². The summed E-state index contributed by atoms with van der Waals surface area (Å²) in [5.74, 6) is -0.335. The van der Waals surface area contributed by atoms with Crippen molar-refractivity contribution in [2.45, 2.75) is 12.1 Å². The Morgan fingerprint density at radius 2 is 1.72 bits per heavy atom. The van der Waals surface area contributed by atoms with Gasteiger partial charge in [0.05, 0.1) is 14.2 Å². The number of amides is 1. The van der Waals surface area contributed by atoms with Crippen LogP contribution in [0.25, 0.3) is 0 Å². The van der Waals surface area contributed by atoms with E-state index in [2.05, 4.69) is 0 Å². The van der Waals surface area contributed by atoms with E-state index in [0.29, 0.717) is 24.5 Å². The molecule has 2 aliphatic heterocycles. The maximum absolute atomic E-state index is 12.4. The number of carbonyl (C=O) groups is 2. The van der Waals surface area contributed by atoms with E-state index in [9.17, 15) is 9.59 Å². The Morgan fingerprint density at radius 3 is 2.40 bits per heavy atom. The lowest BCUT2D eigenvalue weighted by Crippen LogP contribution is -2.49. The predicted molar refractivity (Wildman–Crippen MR) is 88.3 cm³/mol. The fourth-order valence-electron chi connectivity index (χ4n) is 3.66. The van der Waals surface area contributed by atoms with E-state index in [1.807, 2.05) is 36.4 Å². The summed E-state index contributed by atoms with van der Waals surface area (Å²) in [6.45, 7) is 0.391. The Balaban J connectivity index is 2.01. The first-order valence-electron chi connectivity index (χ1n) is 7.97. The zero-order chi connectivity index (χ0) is 17.6. The van der Waals surface area contributed by atoms with Crippen molar-refractivity contribution in [3.8, 4) is 11.5 Å². The van der Waals surface area contributed by atoms with E-state index in [1.54, 1.807) is 20.3 Å². The lowest BCUT2D eigenvalue weighted by molar-refractivity contribution is -0.152. The summed E-state index contributed by atoms with van der Waals surface area (Å²) in [5.41, 5.74) is 1.15. The van der Waals surface area contributed by atoms with E-state index in [-0.39, 0.29) is 0 Å². The smallest absolute Gasteiger partial charge is 0.399 e. The SMILES string of the molecule is COc1cc2c(cc1OC)C1(c3ccccc3)OC(=O)C(=O)N1CC2. The predicted octanol–water partition coefficient (Wildman–Crippen LogP) is 1.85. The maximum Gasteiger partial charge on any atom is 0.399 e. The van der Waals surface area contributed by atoms with Crippen LogP contribution >= 0.6 is 0 Å². The van der Waals surface area contributed by atoms with Gasteiger partial charge >= 0.3 is 11.9 Å². The minimum absolute atomic E-state index is 0.391. The van der Waals surface area contributed by atoms with Gasteiger partial charge in [0.25, 0.3) is 0 Å². The van der Waals surface area contributed by atoms with Crippen molar-refractivity contribution in [3.63, 3.8) is 0 Å². The third-order valence-corrected chi connectivity index (χ3v) is 4.78. The maximum atomic E-state index is 12.4. The third-order valence-electron chi connectivity index (χ3n) is 4.78. The van der Waals surface area contributed by atoms with Crippen LogP contribution in [-0.4, -0.2) is 37.5 Å². The van der Waals surface area contributed by atoms with Crippen LogP contribution in [0, 0.1) is 0 Å². The Kier molecular flexibility index (Phi) is 3.42. The van der Waals surface area contributed by atoms with Crippen LogP contribution in [0.4, 0.5) is 0 Å². The zero-order valence-corrected chi connectivity index (χ0v) is 13.9. The van der Waals surface area contributed by atoms with Crippen molar-refractivity contribution >= 4 is 11.9 Å². The summed E-state index contributed by atoms with van der Waals surface area (Å²) in [7, 11) is 3.12. The van der Waals surface area contributed by atoms with Crippen molar-refractivity contribution < 1.29 is 23.8 Å². The number of nitrogens with zero attached hydrogens (tertiary/aromatic N) is 1. The Bertz CT molecular complexity index is 864. The Hall–Kier alpha value is -3.02. The molecule has 1 atom stereocenters. The van der Waals surface area contributed by atoms with Gasteiger partial charge in [-0.1, -0.05) is 30.3 Å². The van der Waals surface area contributed by atoms with E-state index >= 15 is 0 Å². The highest BCUT2D eigenvalue weighted by atomic mass is 16.6. The molecule has 0 saturated carbocycles. The molecule has 2 aromatic carbocycles. The molecule has 0 aromatic heterocycles. The van der Waals surface area contributed by atoms with E-state index < -0.39 is 17.6 Å². The van der Waals surface area contributed by atoms with Gasteiger partial charge in [-0.15, -0.1) is 0 Å². The van der Waals surface area contributed by atoms with E-state index in [1.165, 1.54) is 4.90 Å². The monoisotopic (exact) mass is 339 g/mol. The molecule has 1 saturated heterocycles. The standard InChI is InChI=1S/C19H17NO5/c1-23-15-10-12-8-9-20-17(21)18(22)25-19(20,13-6-4-3-5-7-13)14(12)11-16(15)24-2/h3-7,10-11H,8-9H2,1-2H3. The van der Waals surface area contributed by atoms with Crippen molar-refractivity contribution in [1.29, 1.82) is 0 Å². The number of fused-ring (bicyclic) bond motifs is 3.